The Balaban J connectivity index is 3.17. The molecule has 2 nitrogen and oxygen atoms in total. The first kappa shape index (κ1) is 13.9. The molecule has 1 aromatic carbocycles. The van der Waals surface area contributed by atoms with E-state index in [1.807, 2.05) is 6.07 Å². The third-order valence-electron chi connectivity index (χ3n) is 2.57. The molecule has 1 aromatic rings. The van der Waals surface area contributed by atoms with Gasteiger partial charge in [-0.25, -0.2) is 4.39 Å². The Morgan fingerprint density at radius 1 is 1.29 bits per heavy atom. The highest BCUT2D eigenvalue weighted by Crippen LogP contribution is 2.23. The molecule has 0 unspecified atom stereocenters. The van der Waals surface area contributed by atoms with E-state index < -0.39 is 0 Å². The zero-order valence-electron chi connectivity index (χ0n) is 10.4. The molecule has 0 saturated carbocycles. The van der Waals surface area contributed by atoms with Crippen molar-refractivity contribution in [3.8, 4) is 0 Å². The lowest BCUT2D eigenvalue weighted by atomic mass is 10.1. The topological polar surface area (TPSA) is 29.3 Å². The minimum Gasteiger partial charge on any atom is -0.389 e. The van der Waals surface area contributed by atoms with Crippen molar-refractivity contribution in [2.24, 2.45) is 5.73 Å². The predicted molar refractivity (Wildman–Crippen MR) is 75.1 cm³/mol. The fourth-order valence-corrected chi connectivity index (χ4v) is 2.11. The van der Waals surface area contributed by atoms with Crippen LogP contribution in [-0.4, -0.2) is 18.1 Å². The predicted octanol–water partition coefficient (Wildman–Crippen LogP) is 3.09. The van der Waals surface area contributed by atoms with Gasteiger partial charge in [0.2, 0.25) is 0 Å². The van der Waals surface area contributed by atoms with E-state index in [0.29, 0.717) is 5.56 Å². The summed E-state index contributed by atoms with van der Waals surface area (Å²) in [5.74, 6) is -0.341. The summed E-state index contributed by atoms with van der Waals surface area (Å²) in [4.78, 5) is 2.26. The monoisotopic (exact) mass is 254 g/mol. The van der Waals surface area contributed by atoms with Crippen LogP contribution >= 0.6 is 12.2 Å². The summed E-state index contributed by atoms with van der Waals surface area (Å²) in [5, 5.41) is 0. The number of hydrogen-bond acceptors (Lipinski definition) is 2. The van der Waals surface area contributed by atoms with Gasteiger partial charge in [-0.1, -0.05) is 32.1 Å². The van der Waals surface area contributed by atoms with Gasteiger partial charge in [-0.2, -0.15) is 0 Å². The molecule has 0 aliphatic rings. The number of thiocarbonyl (C=S) groups is 1. The molecule has 0 fully saturated rings. The van der Waals surface area contributed by atoms with Crippen LogP contribution in [0.25, 0.3) is 0 Å². The van der Waals surface area contributed by atoms with Crippen LogP contribution in [0.2, 0.25) is 0 Å². The van der Waals surface area contributed by atoms with Gasteiger partial charge in [0, 0.05) is 18.8 Å². The van der Waals surface area contributed by atoms with Crippen molar-refractivity contribution in [2.45, 2.75) is 26.7 Å². The maximum absolute atomic E-state index is 13.7. The standard InChI is InChI=1S/C13H19FN2S/c1-3-8-16(9-4-2)11-7-5-6-10(14)12(11)13(15)17/h5-7H,3-4,8-9H2,1-2H3,(H2,15,17). The van der Waals surface area contributed by atoms with Gasteiger partial charge in [0.05, 0.1) is 5.56 Å². The lowest BCUT2D eigenvalue weighted by Crippen LogP contribution is -2.28. The first-order chi connectivity index (χ1) is 8.11. The maximum atomic E-state index is 13.7. The van der Waals surface area contributed by atoms with Crippen molar-refractivity contribution in [1.82, 2.24) is 0 Å². The highest BCUT2D eigenvalue weighted by atomic mass is 32.1. The number of nitrogens with zero attached hydrogens (tertiary/aromatic N) is 1. The highest BCUT2D eigenvalue weighted by Gasteiger charge is 2.15. The van der Waals surface area contributed by atoms with Crippen LogP contribution < -0.4 is 10.6 Å². The number of anilines is 1. The van der Waals surface area contributed by atoms with E-state index in [4.69, 9.17) is 18.0 Å². The second-order valence-corrected chi connectivity index (χ2v) is 4.43. The van der Waals surface area contributed by atoms with Crippen LogP contribution in [0.15, 0.2) is 18.2 Å². The highest BCUT2D eigenvalue weighted by molar-refractivity contribution is 7.80. The van der Waals surface area contributed by atoms with Crippen molar-refractivity contribution < 1.29 is 4.39 Å². The lowest BCUT2D eigenvalue weighted by molar-refractivity contribution is 0.623. The second kappa shape index (κ2) is 6.55. The third-order valence-corrected chi connectivity index (χ3v) is 2.77. The fraction of sp³-hybridized carbons (Fsp3) is 0.462. The zero-order chi connectivity index (χ0) is 12.8. The lowest BCUT2D eigenvalue weighted by Gasteiger charge is -2.26. The molecule has 0 aliphatic heterocycles. The first-order valence-corrected chi connectivity index (χ1v) is 6.35. The molecule has 2 N–H and O–H groups in total. The Morgan fingerprint density at radius 2 is 1.88 bits per heavy atom. The Labute approximate surface area is 108 Å². The molecular formula is C13H19FN2S. The Morgan fingerprint density at radius 3 is 2.35 bits per heavy atom. The molecule has 1 rings (SSSR count). The Hall–Kier alpha value is -1.16. The molecule has 0 spiro atoms. The van der Waals surface area contributed by atoms with Crippen LogP contribution in [0.3, 0.4) is 0 Å². The molecule has 0 aliphatic carbocycles. The van der Waals surface area contributed by atoms with Gasteiger partial charge in [0.15, 0.2) is 0 Å². The summed E-state index contributed by atoms with van der Waals surface area (Å²) in [6.07, 6.45) is 2.01. The first-order valence-electron chi connectivity index (χ1n) is 5.95. The van der Waals surface area contributed by atoms with Gasteiger partial charge < -0.3 is 10.6 Å². The number of nitrogens with two attached hydrogens (primary N) is 1. The van der Waals surface area contributed by atoms with Crippen molar-refractivity contribution in [3.63, 3.8) is 0 Å². The van der Waals surface area contributed by atoms with E-state index in [-0.39, 0.29) is 10.8 Å². The largest absolute Gasteiger partial charge is 0.389 e. The molecule has 0 heterocycles. The van der Waals surface area contributed by atoms with Crippen molar-refractivity contribution in [3.05, 3.63) is 29.6 Å². The molecule has 4 heteroatoms. The minimum atomic E-state index is -0.341. The molecular weight excluding hydrogens is 235 g/mol. The van der Waals surface area contributed by atoms with Crippen molar-refractivity contribution in [2.75, 3.05) is 18.0 Å². The smallest absolute Gasteiger partial charge is 0.135 e. The normalized spacial score (nSPS) is 10.3. The summed E-state index contributed by atoms with van der Waals surface area (Å²) < 4.78 is 13.7. The van der Waals surface area contributed by atoms with Gasteiger partial charge in [-0.3, -0.25) is 0 Å². The van der Waals surface area contributed by atoms with Gasteiger partial charge >= 0.3 is 0 Å². The Kier molecular flexibility index (Phi) is 5.35. The van der Waals surface area contributed by atoms with Crippen molar-refractivity contribution >= 4 is 22.9 Å². The maximum Gasteiger partial charge on any atom is 0.135 e. The molecule has 0 bridgehead atoms. The van der Waals surface area contributed by atoms with Crippen LogP contribution in [0.1, 0.15) is 32.3 Å². The van der Waals surface area contributed by atoms with Crippen LogP contribution in [-0.2, 0) is 0 Å². The molecule has 17 heavy (non-hydrogen) atoms. The van der Waals surface area contributed by atoms with E-state index in [1.54, 1.807) is 6.07 Å². The average molecular weight is 254 g/mol. The van der Waals surface area contributed by atoms with E-state index in [9.17, 15) is 4.39 Å². The summed E-state index contributed by atoms with van der Waals surface area (Å²) in [6, 6.07) is 4.97. The van der Waals surface area contributed by atoms with Gasteiger partial charge in [0.1, 0.15) is 10.8 Å². The van der Waals surface area contributed by atoms with E-state index in [2.05, 4.69) is 18.7 Å². The minimum absolute atomic E-state index is 0.121. The molecule has 0 saturated heterocycles. The van der Waals surface area contributed by atoms with Crippen LogP contribution in [0, 0.1) is 5.82 Å². The molecule has 0 aromatic heterocycles. The summed E-state index contributed by atoms with van der Waals surface area (Å²) >= 11 is 4.94. The fourth-order valence-electron chi connectivity index (χ4n) is 1.91. The van der Waals surface area contributed by atoms with Gasteiger partial charge in [0.25, 0.3) is 0 Å². The van der Waals surface area contributed by atoms with E-state index in [0.717, 1.165) is 31.6 Å². The van der Waals surface area contributed by atoms with E-state index >= 15 is 0 Å². The second-order valence-electron chi connectivity index (χ2n) is 3.99. The Bertz CT molecular complexity index is 387. The number of halogens is 1. The quantitative estimate of drug-likeness (QED) is 0.791. The third kappa shape index (κ3) is 3.40. The number of hydrogen-bond donors (Lipinski definition) is 1. The van der Waals surface area contributed by atoms with Crippen LogP contribution in [0.4, 0.5) is 10.1 Å². The molecule has 94 valence electrons. The summed E-state index contributed by atoms with van der Waals surface area (Å²) in [5.41, 5.74) is 6.78. The summed E-state index contributed by atoms with van der Waals surface area (Å²) in [7, 11) is 0. The summed E-state index contributed by atoms with van der Waals surface area (Å²) in [6.45, 7) is 5.96. The van der Waals surface area contributed by atoms with E-state index in [1.165, 1.54) is 6.07 Å². The number of benzene rings is 1. The number of rotatable bonds is 6. The van der Waals surface area contributed by atoms with Crippen LogP contribution in [0.5, 0.6) is 0 Å². The zero-order valence-corrected chi connectivity index (χ0v) is 11.2. The van der Waals surface area contributed by atoms with Gasteiger partial charge in [-0.15, -0.1) is 0 Å². The van der Waals surface area contributed by atoms with Crippen molar-refractivity contribution in [1.29, 1.82) is 0 Å². The SMILES string of the molecule is CCCN(CCC)c1cccc(F)c1C(N)=S. The molecule has 0 amide bonds. The van der Waals surface area contributed by atoms with Gasteiger partial charge in [-0.05, 0) is 25.0 Å². The molecule has 0 atom stereocenters. The molecule has 0 radical (unpaired) electrons. The average Bonchev–Trinajstić information content (AvgIpc) is 2.28.